The van der Waals surface area contributed by atoms with Crippen LogP contribution in [0.5, 0.6) is 0 Å². The zero-order valence-corrected chi connectivity index (χ0v) is 8.66. The second-order valence-electron chi connectivity index (χ2n) is 4.31. The van der Waals surface area contributed by atoms with E-state index in [4.69, 9.17) is 5.73 Å². The highest BCUT2D eigenvalue weighted by Crippen LogP contribution is 2.29. The fraction of sp³-hybridized carbons (Fsp3) is 0.385. The molecule has 0 saturated carbocycles. The summed E-state index contributed by atoms with van der Waals surface area (Å²) in [6, 6.07) is 8.78. The van der Waals surface area contributed by atoms with Gasteiger partial charge < -0.3 is 5.73 Å². The summed E-state index contributed by atoms with van der Waals surface area (Å²) < 4.78 is 0. The van der Waals surface area contributed by atoms with Crippen LogP contribution < -0.4 is 5.73 Å². The van der Waals surface area contributed by atoms with Crippen molar-refractivity contribution in [2.24, 2.45) is 11.7 Å². The van der Waals surface area contributed by atoms with Crippen LogP contribution in [0.3, 0.4) is 0 Å². The largest absolute Gasteiger partial charge is 0.324 e. The highest BCUT2D eigenvalue weighted by atomic mass is 14.7. The van der Waals surface area contributed by atoms with Crippen molar-refractivity contribution in [1.82, 2.24) is 0 Å². The van der Waals surface area contributed by atoms with Gasteiger partial charge in [-0.1, -0.05) is 36.4 Å². The molecule has 0 spiro atoms. The molecule has 0 amide bonds. The second-order valence-corrected chi connectivity index (χ2v) is 4.31. The predicted molar refractivity (Wildman–Crippen MR) is 60.1 cm³/mol. The van der Waals surface area contributed by atoms with Crippen molar-refractivity contribution >= 4 is 0 Å². The molecule has 1 unspecified atom stereocenters. The van der Waals surface area contributed by atoms with E-state index in [-0.39, 0.29) is 6.04 Å². The number of hydrogen-bond donors (Lipinski definition) is 1. The Hall–Kier alpha value is -1.08. The van der Waals surface area contributed by atoms with E-state index in [1.54, 1.807) is 0 Å². The number of nitrogens with two attached hydrogens (primary N) is 1. The minimum atomic E-state index is 0.155. The molecule has 2 N–H and O–H groups in total. The van der Waals surface area contributed by atoms with E-state index in [2.05, 4.69) is 30.8 Å². The third kappa shape index (κ3) is 1.60. The van der Waals surface area contributed by atoms with Gasteiger partial charge in [0.15, 0.2) is 0 Å². The molecule has 0 aromatic heterocycles. The summed E-state index contributed by atoms with van der Waals surface area (Å²) in [6.07, 6.45) is 2.23. The topological polar surface area (TPSA) is 26.0 Å². The van der Waals surface area contributed by atoms with Gasteiger partial charge in [-0.05, 0) is 36.8 Å². The fourth-order valence-electron chi connectivity index (χ4n) is 2.25. The first-order chi connectivity index (χ1) is 6.68. The predicted octanol–water partition coefficient (Wildman–Crippen LogP) is 2.30. The zero-order chi connectivity index (χ0) is 10.1. The number of benzene rings is 1. The molecule has 14 heavy (non-hydrogen) atoms. The van der Waals surface area contributed by atoms with E-state index in [0.717, 1.165) is 18.4 Å². The molecule has 0 saturated heterocycles. The van der Waals surface area contributed by atoms with Gasteiger partial charge in [0, 0.05) is 6.04 Å². The lowest BCUT2D eigenvalue weighted by Gasteiger charge is -2.18. The molecule has 1 nitrogen and oxygen atoms in total. The lowest BCUT2D eigenvalue weighted by atomic mass is 9.93. The molecular formula is C13H17N. The van der Waals surface area contributed by atoms with Crippen LogP contribution in [0.4, 0.5) is 0 Å². The van der Waals surface area contributed by atoms with E-state index < -0.39 is 0 Å². The van der Waals surface area contributed by atoms with Gasteiger partial charge in [0.1, 0.15) is 0 Å². The highest BCUT2D eigenvalue weighted by molar-refractivity contribution is 5.33. The van der Waals surface area contributed by atoms with E-state index >= 15 is 0 Å². The van der Waals surface area contributed by atoms with Crippen molar-refractivity contribution in [1.29, 1.82) is 0 Å². The van der Waals surface area contributed by atoms with Crippen molar-refractivity contribution in [2.75, 3.05) is 0 Å². The molecule has 2 rings (SSSR count). The monoisotopic (exact) mass is 187 g/mol. The highest BCUT2D eigenvalue weighted by Gasteiger charge is 2.26. The van der Waals surface area contributed by atoms with Crippen LogP contribution in [0.15, 0.2) is 36.4 Å². The average Bonchev–Trinajstić information content (AvgIpc) is 2.59. The first kappa shape index (κ1) is 9.47. The Labute approximate surface area is 85.6 Å². The first-order valence-corrected chi connectivity index (χ1v) is 5.16. The van der Waals surface area contributed by atoms with Gasteiger partial charge in [0.05, 0.1) is 0 Å². The van der Waals surface area contributed by atoms with E-state index in [1.807, 2.05) is 6.92 Å². The van der Waals surface area contributed by atoms with Crippen LogP contribution in [-0.2, 0) is 12.8 Å². The van der Waals surface area contributed by atoms with Crippen molar-refractivity contribution in [2.45, 2.75) is 25.8 Å². The average molecular weight is 187 g/mol. The molecule has 1 heteroatoms. The van der Waals surface area contributed by atoms with Crippen molar-refractivity contribution in [3.05, 3.63) is 47.5 Å². The van der Waals surface area contributed by atoms with Gasteiger partial charge in [0.25, 0.3) is 0 Å². The number of fused-ring (bicyclic) bond motifs is 1. The van der Waals surface area contributed by atoms with Crippen molar-refractivity contribution in [3.63, 3.8) is 0 Å². The maximum atomic E-state index is 6.10. The molecule has 0 aliphatic heterocycles. The van der Waals surface area contributed by atoms with Gasteiger partial charge in [-0.25, -0.2) is 0 Å². The molecular weight excluding hydrogens is 170 g/mol. The molecule has 1 aliphatic rings. The Morgan fingerprint density at radius 3 is 2.29 bits per heavy atom. The van der Waals surface area contributed by atoms with Gasteiger partial charge in [-0.3, -0.25) is 0 Å². The summed E-state index contributed by atoms with van der Waals surface area (Å²) in [4.78, 5) is 0. The minimum Gasteiger partial charge on any atom is -0.324 e. The summed E-state index contributed by atoms with van der Waals surface area (Å²) in [6.45, 7) is 5.96. The molecule has 1 aromatic rings. The van der Waals surface area contributed by atoms with Crippen LogP contribution in [0.2, 0.25) is 0 Å². The van der Waals surface area contributed by atoms with Crippen LogP contribution >= 0.6 is 0 Å². The van der Waals surface area contributed by atoms with Crippen LogP contribution in [0.25, 0.3) is 0 Å². The van der Waals surface area contributed by atoms with Crippen LogP contribution in [0.1, 0.15) is 18.1 Å². The van der Waals surface area contributed by atoms with Crippen LogP contribution in [0, 0.1) is 5.92 Å². The van der Waals surface area contributed by atoms with E-state index in [9.17, 15) is 0 Å². The Balaban J connectivity index is 2.15. The lowest BCUT2D eigenvalue weighted by molar-refractivity contribution is 0.484. The summed E-state index contributed by atoms with van der Waals surface area (Å²) in [5, 5.41) is 0. The number of hydrogen-bond acceptors (Lipinski definition) is 1. The molecule has 1 aromatic carbocycles. The smallest absolute Gasteiger partial charge is 0.0283 e. The Bertz CT molecular complexity index is 329. The SMILES string of the molecule is C=C(C)C(N)C1Cc2ccccc2C1. The standard InChI is InChI=1S/C13H17N/c1-9(2)13(14)12-7-10-5-3-4-6-11(10)8-12/h3-6,12-13H,1,7-8,14H2,2H3. The minimum absolute atomic E-state index is 0.155. The van der Waals surface area contributed by atoms with Gasteiger partial charge in [0.2, 0.25) is 0 Å². The zero-order valence-electron chi connectivity index (χ0n) is 8.66. The third-order valence-corrected chi connectivity index (χ3v) is 3.16. The normalized spacial score (nSPS) is 17.9. The summed E-state index contributed by atoms with van der Waals surface area (Å²) in [7, 11) is 0. The maximum absolute atomic E-state index is 6.10. The summed E-state index contributed by atoms with van der Waals surface area (Å²) in [5.41, 5.74) is 10.1. The Kier molecular flexibility index (Phi) is 2.42. The van der Waals surface area contributed by atoms with E-state index in [0.29, 0.717) is 5.92 Å². The molecule has 0 radical (unpaired) electrons. The maximum Gasteiger partial charge on any atom is 0.0283 e. The molecule has 1 atom stereocenters. The van der Waals surface area contributed by atoms with Crippen molar-refractivity contribution in [3.8, 4) is 0 Å². The molecule has 74 valence electrons. The molecule has 0 fully saturated rings. The van der Waals surface area contributed by atoms with Gasteiger partial charge in [-0.15, -0.1) is 0 Å². The first-order valence-electron chi connectivity index (χ1n) is 5.16. The Morgan fingerprint density at radius 2 is 1.86 bits per heavy atom. The fourth-order valence-corrected chi connectivity index (χ4v) is 2.25. The third-order valence-electron chi connectivity index (χ3n) is 3.16. The summed E-state index contributed by atoms with van der Waals surface area (Å²) >= 11 is 0. The van der Waals surface area contributed by atoms with E-state index in [1.165, 1.54) is 11.1 Å². The Morgan fingerprint density at radius 1 is 1.36 bits per heavy atom. The van der Waals surface area contributed by atoms with Crippen LogP contribution in [-0.4, -0.2) is 6.04 Å². The van der Waals surface area contributed by atoms with Crippen molar-refractivity contribution < 1.29 is 0 Å². The molecule has 0 bridgehead atoms. The quantitative estimate of drug-likeness (QED) is 0.706. The molecule has 1 aliphatic carbocycles. The summed E-state index contributed by atoms with van der Waals surface area (Å²) in [5.74, 6) is 0.560. The molecule has 0 heterocycles. The second kappa shape index (κ2) is 3.58. The van der Waals surface area contributed by atoms with Gasteiger partial charge in [-0.2, -0.15) is 0 Å². The van der Waals surface area contributed by atoms with Gasteiger partial charge >= 0.3 is 0 Å². The lowest BCUT2D eigenvalue weighted by Crippen LogP contribution is -2.31. The number of rotatable bonds is 2.